The van der Waals surface area contributed by atoms with Crippen molar-refractivity contribution in [2.24, 2.45) is 0 Å². The number of morpholine rings is 1. The molecule has 9 heteroatoms. The summed E-state index contributed by atoms with van der Waals surface area (Å²) in [5.41, 5.74) is 0. The Morgan fingerprint density at radius 3 is 2.89 bits per heavy atom. The zero-order valence-corrected chi connectivity index (χ0v) is 11.6. The smallest absolute Gasteiger partial charge is 0.302 e. The van der Waals surface area contributed by atoms with Crippen molar-refractivity contribution in [1.82, 2.24) is 14.3 Å². The van der Waals surface area contributed by atoms with Crippen LogP contribution >= 0.6 is 11.3 Å². The van der Waals surface area contributed by atoms with Crippen LogP contribution in [0.2, 0.25) is 0 Å². The van der Waals surface area contributed by atoms with Gasteiger partial charge in [0.1, 0.15) is 11.2 Å². The minimum absolute atomic E-state index is 0.317. The highest BCUT2D eigenvalue weighted by atomic mass is 32.2. The maximum Gasteiger partial charge on any atom is 0.302 e. The molecule has 0 aromatic carbocycles. The third-order valence-corrected chi connectivity index (χ3v) is 5.11. The van der Waals surface area contributed by atoms with Crippen molar-refractivity contribution in [1.29, 1.82) is 0 Å². The molecule has 0 atom stereocenters. The Morgan fingerprint density at radius 1 is 1.32 bits per heavy atom. The summed E-state index contributed by atoms with van der Waals surface area (Å²) in [5.74, 6) is 0.317. The van der Waals surface area contributed by atoms with Crippen molar-refractivity contribution in [2.75, 3.05) is 31.0 Å². The van der Waals surface area contributed by atoms with E-state index < -0.39 is 10.2 Å². The number of anilines is 1. The van der Waals surface area contributed by atoms with Crippen LogP contribution in [0.1, 0.15) is 0 Å². The van der Waals surface area contributed by atoms with E-state index >= 15 is 0 Å². The number of aromatic nitrogens is 2. The van der Waals surface area contributed by atoms with Gasteiger partial charge in [-0.3, -0.25) is 4.72 Å². The van der Waals surface area contributed by atoms with E-state index in [1.807, 2.05) is 5.38 Å². The Bertz CT molecular complexity index is 679. The van der Waals surface area contributed by atoms with Crippen LogP contribution in [-0.2, 0) is 14.9 Å². The molecule has 1 aliphatic heterocycles. The fraction of sp³-hybridized carbons (Fsp3) is 0.400. The summed E-state index contributed by atoms with van der Waals surface area (Å²) in [6.45, 7) is 1.54. The van der Waals surface area contributed by atoms with E-state index in [-0.39, 0.29) is 0 Å². The van der Waals surface area contributed by atoms with Crippen molar-refractivity contribution in [2.45, 2.75) is 0 Å². The second-order valence-corrected chi connectivity index (χ2v) is 6.55. The SMILES string of the molecule is O=S(=O)(Nc1ncnc2sccc12)N1CCOCC1. The Morgan fingerprint density at radius 2 is 2.11 bits per heavy atom. The Balaban J connectivity index is 1.89. The van der Waals surface area contributed by atoms with Gasteiger partial charge in [-0.2, -0.15) is 12.7 Å². The summed E-state index contributed by atoms with van der Waals surface area (Å²) in [5, 5.41) is 2.57. The van der Waals surface area contributed by atoms with E-state index in [2.05, 4.69) is 14.7 Å². The van der Waals surface area contributed by atoms with Crippen molar-refractivity contribution in [3.63, 3.8) is 0 Å². The van der Waals surface area contributed by atoms with Crippen LogP contribution in [0.3, 0.4) is 0 Å². The summed E-state index contributed by atoms with van der Waals surface area (Å²) in [6.07, 6.45) is 1.36. The highest BCUT2D eigenvalue weighted by Crippen LogP contribution is 2.24. The molecule has 102 valence electrons. The fourth-order valence-electron chi connectivity index (χ4n) is 1.85. The Hall–Kier alpha value is -1.29. The van der Waals surface area contributed by atoms with Gasteiger partial charge in [0, 0.05) is 13.1 Å². The largest absolute Gasteiger partial charge is 0.379 e. The van der Waals surface area contributed by atoms with Crippen LogP contribution in [0.4, 0.5) is 5.82 Å². The van der Waals surface area contributed by atoms with Gasteiger partial charge in [0.25, 0.3) is 0 Å². The molecule has 0 saturated carbocycles. The number of thiophene rings is 1. The first-order chi connectivity index (χ1) is 9.17. The topological polar surface area (TPSA) is 84.4 Å². The highest BCUT2D eigenvalue weighted by Gasteiger charge is 2.25. The quantitative estimate of drug-likeness (QED) is 0.901. The average Bonchev–Trinajstić information content (AvgIpc) is 2.89. The van der Waals surface area contributed by atoms with E-state index in [0.29, 0.717) is 37.5 Å². The Kier molecular flexibility index (Phi) is 3.35. The summed E-state index contributed by atoms with van der Waals surface area (Å²) < 4.78 is 33.5. The molecule has 1 fully saturated rings. The third kappa shape index (κ3) is 2.54. The summed E-state index contributed by atoms with van der Waals surface area (Å²) >= 11 is 1.44. The summed E-state index contributed by atoms with van der Waals surface area (Å²) in [7, 11) is -3.59. The van der Waals surface area contributed by atoms with Gasteiger partial charge in [-0.15, -0.1) is 11.3 Å². The molecule has 3 rings (SSSR count). The third-order valence-electron chi connectivity index (χ3n) is 2.80. The van der Waals surface area contributed by atoms with Crippen molar-refractivity contribution < 1.29 is 13.2 Å². The zero-order chi connectivity index (χ0) is 13.3. The van der Waals surface area contributed by atoms with E-state index in [0.717, 1.165) is 4.83 Å². The van der Waals surface area contributed by atoms with Crippen molar-refractivity contribution in [3.8, 4) is 0 Å². The lowest BCUT2D eigenvalue weighted by Gasteiger charge is -2.26. The number of hydrogen-bond acceptors (Lipinski definition) is 6. The molecule has 2 aromatic rings. The maximum atomic E-state index is 12.2. The van der Waals surface area contributed by atoms with Gasteiger partial charge in [-0.05, 0) is 11.4 Å². The van der Waals surface area contributed by atoms with Gasteiger partial charge in [0.15, 0.2) is 5.82 Å². The van der Waals surface area contributed by atoms with Crippen molar-refractivity contribution in [3.05, 3.63) is 17.8 Å². The zero-order valence-electron chi connectivity index (χ0n) is 9.94. The highest BCUT2D eigenvalue weighted by molar-refractivity contribution is 7.90. The van der Waals surface area contributed by atoms with E-state index in [1.54, 1.807) is 6.07 Å². The number of ether oxygens (including phenoxy) is 1. The van der Waals surface area contributed by atoms with E-state index in [9.17, 15) is 8.42 Å². The molecule has 2 aromatic heterocycles. The normalized spacial score (nSPS) is 17.7. The average molecular weight is 300 g/mol. The first kappa shape index (κ1) is 12.7. The molecule has 0 radical (unpaired) electrons. The second kappa shape index (κ2) is 5.00. The molecule has 3 heterocycles. The molecule has 0 amide bonds. The molecular weight excluding hydrogens is 288 g/mol. The predicted molar refractivity (Wildman–Crippen MR) is 72.3 cm³/mol. The van der Waals surface area contributed by atoms with Gasteiger partial charge in [-0.1, -0.05) is 0 Å². The standard InChI is InChI=1S/C10H12N4O3S2/c15-19(16,14-2-4-17-5-3-14)13-9-8-1-6-18-10(8)12-7-11-9/h1,6-7H,2-5H2,(H,11,12,13). The predicted octanol–water partition coefficient (Wildman–Crippen LogP) is 0.680. The lowest BCUT2D eigenvalue weighted by Crippen LogP contribution is -2.43. The number of rotatable bonds is 3. The van der Waals surface area contributed by atoms with Gasteiger partial charge in [0.2, 0.25) is 0 Å². The molecule has 19 heavy (non-hydrogen) atoms. The Labute approximate surface area is 114 Å². The first-order valence-corrected chi connectivity index (χ1v) is 8.02. The van der Waals surface area contributed by atoms with Crippen LogP contribution in [0.5, 0.6) is 0 Å². The van der Waals surface area contributed by atoms with Gasteiger partial charge in [0.05, 0.1) is 18.6 Å². The van der Waals surface area contributed by atoms with Gasteiger partial charge < -0.3 is 4.74 Å². The minimum atomic E-state index is -3.59. The number of hydrogen-bond donors (Lipinski definition) is 1. The number of nitrogens with zero attached hydrogens (tertiary/aromatic N) is 3. The fourth-order valence-corrected chi connectivity index (χ4v) is 3.74. The minimum Gasteiger partial charge on any atom is -0.379 e. The second-order valence-electron chi connectivity index (χ2n) is 3.98. The summed E-state index contributed by atoms with van der Waals surface area (Å²) in [6, 6.07) is 1.80. The molecule has 1 N–H and O–H groups in total. The lowest BCUT2D eigenvalue weighted by molar-refractivity contribution is 0.0733. The number of fused-ring (bicyclic) bond motifs is 1. The molecule has 7 nitrogen and oxygen atoms in total. The van der Waals surface area contributed by atoms with Gasteiger partial charge >= 0.3 is 10.2 Å². The van der Waals surface area contributed by atoms with Crippen LogP contribution in [0, 0.1) is 0 Å². The molecule has 1 aliphatic rings. The lowest BCUT2D eigenvalue weighted by atomic mass is 10.4. The molecule has 1 saturated heterocycles. The summed E-state index contributed by atoms with van der Waals surface area (Å²) in [4.78, 5) is 8.85. The maximum absolute atomic E-state index is 12.2. The number of nitrogens with one attached hydrogen (secondary N) is 1. The monoisotopic (exact) mass is 300 g/mol. The molecule has 0 spiro atoms. The van der Waals surface area contributed by atoms with Gasteiger partial charge in [-0.25, -0.2) is 9.97 Å². The van der Waals surface area contributed by atoms with Crippen molar-refractivity contribution >= 4 is 37.6 Å². The van der Waals surface area contributed by atoms with Crippen LogP contribution in [0.25, 0.3) is 10.2 Å². The first-order valence-electron chi connectivity index (χ1n) is 5.71. The van der Waals surface area contributed by atoms with E-state index in [1.165, 1.54) is 22.0 Å². The van der Waals surface area contributed by atoms with E-state index in [4.69, 9.17) is 4.74 Å². The van der Waals surface area contributed by atoms with Crippen LogP contribution in [0.15, 0.2) is 17.8 Å². The molecular formula is C10H12N4O3S2. The van der Waals surface area contributed by atoms with Crippen LogP contribution in [-0.4, -0.2) is 49.0 Å². The molecule has 0 aliphatic carbocycles. The van der Waals surface area contributed by atoms with Crippen LogP contribution < -0.4 is 4.72 Å². The molecule has 0 bridgehead atoms. The molecule has 0 unspecified atom stereocenters.